The number of halogens is 3. The number of para-hydroxylation sites is 1. The molecule has 8 nitrogen and oxygen atoms in total. The number of nitrogens with two attached hydrogens (primary N) is 1. The molecule has 0 spiro atoms. The van der Waals surface area contributed by atoms with Crippen LogP contribution in [0.1, 0.15) is 10.5 Å². The number of pyridine rings is 1. The number of rotatable bonds is 6. The van der Waals surface area contributed by atoms with E-state index in [9.17, 15) is 26.4 Å². The van der Waals surface area contributed by atoms with Crippen molar-refractivity contribution in [3.05, 3.63) is 84.6 Å². The summed E-state index contributed by atoms with van der Waals surface area (Å²) < 4.78 is 70.0. The van der Waals surface area contributed by atoms with Gasteiger partial charge in [0, 0.05) is 11.1 Å². The summed E-state index contributed by atoms with van der Waals surface area (Å²) in [4.78, 5) is 17.2. The third-order valence-electron chi connectivity index (χ3n) is 4.61. The lowest BCUT2D eigenvalue weighted by Crippen LogP contribution is -2.17. The number of hydrogen-bond donors (Lipinski definition) is 2. The number of amides is 1. The second kappa shape index (κ2) is 9.24. The summed E-state index contributed by atoms with van der Waals surface area (Å²) in [6, 6.07) is 18.4. The summed E-state index contributed by atoms with van der Waals surface area (Å²) in [5.74, 6) is -1.00. The van der Waals surface area contributed by atoms with Crippen molar-refractivity contribution in [2.45, 2.75) is 11.3 Å². The van der Waals surface area contributed by atoms with Crippen LogP contribution in [0.5, 0.6) is 17.2 Å². The molecule has 0 radical (unpaired) electrons. The topological polar surface area (TPSA) is 121 Å². The molecular formula is C23H16F3N3O5S. The Hall–Kier alpha value is -4.16. The number of fused-ring (bicyclic) bond motifs is 1. The number of nitrogens with one attached hydrogen (secondary N) is 1. The molecule has 0 fully saturated rings. The molecule has 3 N–H and O–H groups in total. The smallest absolute Gasteiger partial charge is 0.455 e. The molecule has 35 heavy (non-hydrogen) atoms. The van der Waals surface area contributed by atoms with Gasteiger partial charge in [0.2, 0.25) is 10.0 Å². The maximum atomic E-state index is 13.1. The van der Waals surface area contributed by atoms with E-state index in [2.05, 4.69) is 15.0 Å². The van der Waals surface area contributed by atoms with Crippen molar-refractivity contribution >= 4 is 32.5 Å². The highest BCUT2D eigenvalue weighted by molar-refractivity contribution is 7.89. The molecule has 0 unspecified atom stereocenters. The summed E-state index contributed by atoms with van der Waals surface area (Å²) in [6.07, 6.45) is -4.84. The van der Waals surface area contributed by atoms with Crippen molar-refractivity contribution < 1.29 is 35.9 Å². The lowest BCUT2D eigenvalue weighted by Gasteiger charge is -2.13. The Morgan fingerprint density at radius 3 is 2.29 bits per heavy atom. The molecule has 3 aromatic carbocycles. The van der Waals surface area contributed by atoms with Crippen LogP contribution in [0.3, 0.4) is 0 Å². The molecule has 0 atom stereocenters. The van der Waals surface area contributed by atoms with Gasteiger partial charge in [-0.1, -0.05) is 24.3 Å². The van der Waals surface area contributed by atoms with Gasteiger partial charge in [0.25, 0.3) is 5.91 Å². The quantitative estimate of drug-likeness (QED) is 0.389. The van der Waals surface area contributed by atoms with Gasteiger partial charge in [-0.3, -0.25) is 4.79 Å². The van der Waals surface area contributed by atoms with Gasteiger partial charge >= 0.3 is 6.36 Å². The van der Waals surface area contributed by atoms with Gasteiger partial charge in [-0.15, -0.1) is 13.2 Å². The minimum atomic E-state index is -4.84. The van der Waals surface area contributed by atoms with E-state index in [0.717, 1.165) is 12.1 Å². The van der Waals surface area contributed by atoms with Gasteiger partial charge in [0.1, 0.15) is 11.5 Å². The number of aromatic nitrogens is 1. The number of ether oxygens (including phenoxy) is 2. The third kappa shape index (κ3) is 6.05. The Morgan fingerprint density at radius 2 is 1.60 bits per heavy atom. The number of carbonyl (C=O) groups excluding carboxylic acids is 1. The number of primary sulfonamides is 1. The van der Waals surface area contributed by atoms with Gasteiger partial charge in [0.15, 0.2) is 11.4 Å². The van der Waals surface area contributed by atoms with Crippen LogP contribution in [0.25, 0.3) is 10.9 Å². The summed E-state index contributed by atoms with van der Waals surface area (Å²) >= 11 is 0. The highest BCUT2D eigenvalue weighted by Gasteiger charge is 2.31. The normalized spacial score (nSPS) is 11.8. The Morgan fingerprint density at radius 1 is 0.914 bits per heavy atom. The number of alkyl halides is 3. The second-order valence-electron chi connectivity index (χ2n) is 7.18. The van der Waals surface area contributed by atoms with E-state index in [1.165, 1.54) is 36.4 Å². The minimum Gasteiger partial charge on any atom is -0.455 e. The van der Waals surface area contributed by atoms with E-state index in [1.54, 1.807) is 30.3 Å². The average molecular weight is 503 g/mol. The lowest BCUT2D eigenvalue weighted by molar-refractivity contribution is -0.274. The summed E-state index contributed by atoms with van der Waals surface area (Å²) in [5, 5.41) is 8.34. The number of anilines is 1. The van der Waals surface area contributed by atoms with Crippen LogP contribution in [-0.2, 0) is 10.0 Å². The first-order valence-corrected chi connectivity index (χ1v) is 11.4. The molecule has 1 aromatic heterocycles. The fourth-order valence-corrected chi connectivity index (χ4v) is 3.67. The van der Waals surface area contributed by atoms with E-state index < -0.39 is 28.0 Å². The number of hydrogen-bond acceptors (Lipinski definition) is 6. The van der Waals surface area contributed by atoms with Crippen molar-refractivity contribution in [1.82, 2.24) is 4.98 Å². The molecule has 1 amide bonds. The zero-order valence-corrected chi connectivity index (χ0v) is 18.4. The van der Waals surface area contributed by atoms with Crippen molar-refractivity contribution in [3.63, 3.8) is 0 Å². The number of nitrogens with zero attached hydrogens (tertiary/aromatic N) is 1. The maximum absolute atomic E-state index is 13.1. The molecule has 180 valence electrons. The van der Waals surface area contributed by atoms with Gasteiger partial charge in [-0.25, -0.2) is 18.5 Å². The summed E-state index contributed by atoms with van der Waals surface area (Å²) in [5.41, 5.74) is 0.494. The molecule has 0 saturated carbocycles. The predicted molar refractivity (Wildman–Crippen MR) is 121 cm³/mol. The highest BCUT2D eigenvalue weighted by atomic mass is 32.2. The maximum Gasteiger partial charge on any atom is 0.573 e. The van der Waals surface area contributed by atoms with Crippen molar-refractivity contribution in [2.75, 3.05) is 5.32 Å². The average Bonchev–Trinajstić information content (AvgIpc) is 2.78. The predicted octanol–water partition coefficient (Wildman–Crippen LogP) is 4.83. The van der Waals surface area contributed by atoms with Gasteiger partial charge in [-0.05, 0) is 54.6 Å². The molecule has 0 aliphatic carbocycles. The molecule has 0 saturated heterocycles. The van der Waals surface area contributed by atoms with E-state index in [4.69, 9.17) is 9.88 Å². The van der Waals surface area contributed by atoms with Crippen molar-refractivity contribution in [2.24, 2.45) is 5.14 Å². The lowest BCUT2D eigenvalue weighted by atomic mass is 10.1. The van der Waals surface area contributed by atoms with Crippen molar-refractivity contribution in [3.8, 4) is 17.2 Å². The van der Waals surface area contributed by atoms with Crippen LogP contribution < -0.4 is 19.9 Å². The summed E-state index contributed by atoms with van der Waals surface area (Å²) in [7, 11) is -3.99. The highest BCUT2D eigenvalue weighted by Crippen LogP contribution is 2.31. The van der Waals surface area contributed by atoms with Crippen LogP contribution in [0.15, 0.2) is 83.8 Å². The first-order chi connectivity index (χ1) is 16.5. The van der Waals surface area contributed by atoms with E-state index in [1.807, 2.05) is 0 Å². The first-order valence-electron chi connectivity index (χ1n) is 9.86. The van der Waals surface area contributed by atoms with Crippen LogP contribution >= 0.6 is 0 Å². The van der Waals surface area contributed by atoms with Crippen LogP contribution in [-0.4, -0.2) is 25.7 Å². The number of carbonyl (C=O) groups is 1. The monoisotopic (exact) mass is 503 g/mol. The minimum absolute atomic E-state index is 0.0216. The SMILES string of the molecule is NS(=O)(=O)c1cccc(NC(=O)c2nc3ccccc3cc2Oc2ccc(OC(F)(F)F)cc2)c1. The van der Waals surface area contributed by atoms with Crippen molar-refractivity contribution in [1.29, 1.82) is 0 Å². The van der Waals surface area contributed by atoms with Gasteiger partial charge in [-0.2, -0.15) is 0 Å². The fraction of sp³-hybridized carbons (Fsp3) is 0.0435. The molecule has 0 bridgehead atoms. The molecule has 12 heteroatoms. The fourth-order valence-electron chi connectivity index (χ4n) is 3.11. The number of sulfonamides is 1. The Kier molecular flexibility index (Phi) is 6.33. The zero-order chi connectivity index (χ0) is 25.2. The molecule has 0 aliphatic heterocycles. The molecule has 1 heterocycles. The largest absolute Gasteiger partial charge is 0.573 e. The van der Waals surface area contributed by atoms with Gasteiger partial charge in [0.05, 0.1) is 10.4 Å². The Labute approximate surface area is 197 Å². The Bertz CT molecular complexity index is 1510. The standard InChI is InChI=1S/C23H16F3N3O5S/c24-23(25,26)34-17-10-8-16(9-11-17)33-20-12-14-4-1-2-7-19(14)29-21(20)22(30)28-15-5-3-6-18(13-15)35(27,31)32/h1-13H,(H,28,30)(H2,27,31,32). The third-order valence-corrected chi connectivity index (χ3v) is 5.52. The van der Waals surface area contributed by atoms with Gasteiger partial charge < -0.3 is 14.8 Å². The van der Waals surface area contributed by atoms with E-state index >= 15 is 0 Å². The van der Waals surface area contributed by atoms with Crippen LogP contribution in [0.2, 0.25) is 0 Å². The van der Waals surface area contributed by atoms with E-state index in [0.29, 0.717) is 10.9 Å². The number of benzene rings is 3. The molecule has 4 rings (SSSR count). The molecular weight excluding hydrogens is 487 g/mol. The second-order valence-corrected chi connectivity index (χ2v) is 8.74. The first kappa shape index (κ1) is 24.0. The van der Waals surface area contributed by atoms with Crippen LogP contribution in [0.4, 0.5) is 18.9 Å². The zero-order valence-electron chi connectivity index (χ0n) is 17.6. The van der Waals surface area contributed by atoms with Crippen LogP contribution in [0, 0.1) is 0 Å². The molecule has 0 aliphatic rings. The summed E-state index contributed by atoms with van der Waals surface area (Å²) in [6.45, 7) is 0. The van der Waals surface area contributed by atoms with E-state index in [-0.39, 0.29) is 27.8 Å². The molecule has 4 aromatic rings. The Balaban J connectivity index is 1.66.